The van der Waals surface area contributed by atoms with E-state index < -0.39 is 10.8 Å². The van der Waals surface area contributed by atoms with Gasteiger partial charge in [0.25, 0.3) is 5.56 Å². The Balaban J connectivity index is 2.07. The highest BCUT2D eigenvalue weighted by atomic mass is 79.9. The third-order valence-corrected chi connectivity index (χ3v) is 5.39. The number of anilines is 1. The van der Waals surface area contributed by atoms with E-state index in [2.05, 4.69) is 26.3 Å². The Kier molecular flexibility index (Phi) is 5.74. The van der Waals surface area contributed by atoms with Crippen molar-refractivity contribution in [2.24, 2.45) is 0 Å². The molecule has 1 aliphatic rings. The molecule has 2 rings (SSSR count). The molecule has 1 saturated heterocycles. The van der Waals surface area contributed by atoms with Crippen LogP contribution in [0.15, 0.2) is 15.5 Å². The number of nitrogens with zero attached hydrogens (tertiary/aromatic N) is 2. The van der Waals surface area contributed by atoms with Gasteiger partial charge in [0.1, 0.15) is 4.47 Å². The monoisotopic (exact) mass is 363 g/mol. The molecule has 1 aliphatic heterocycles. The van der Waals surface area contributed by atoms with Crippen LogP contribution in [0.25, 0.3) is 0 Å². The SMILES string of the molecule is COCCn1ncc(NC2CCS(=O)CC2)c(Br)c1=O. The standard InChI is InChI=1S/C12H18BrN3O3S/c1-19-5-4-16-12(17)11(13)10(8-14-16)15-9-2-6-20(18)7-3-9/h8-9,15H,2-7H2,1H3. The fraction of sp³-hybridized carbons (Fsp3) is 0.667. The second-order valence-corrected chi connectivity index (χ2v) is 7.15. The zero-order chi connectivity index (χ0) is 14.5. The van der Waals surface area contributed by atoms with Crippen LogP contribution in [0, 0.1) is 0 Å². The average molecular weight is 364 g/mol. The number of halogens is 1. The van der Waals surface area contributed by atoms with Crippen molar-refractivity contribution in [3.63, 3.8) is 0 Å². The normalized spacial score (nSPS) is 22.7. The van der Waals surface area contributed by atoms with Crippen molar-refractivity contribution >= 4 is 32.4 Å². The highest BCUT2D eigenvalue weighted by Gasteiger charge is 2.19. The van der Waals surface area contributed by atoms with E-state index in [-0.39, 0.29) is 11.6 Å². The highest BCUT2D eigenvalue weighted by Crippen LogP contribution is 2.20. The Hall–Kier alpha value is -0.730. The summed E-state index contributed by atoms with van der Waals surface area (Å²) in [5.74, 6) is 1.43. The van der Waals surface area contributed by atoms with Crippen LogP contribution in [-0.2, 0) is 22.1 Å². The Morgan fingerprint density at radius 3 is 2.90 bits per heavy atom. The van der Waals surface area contributed by atoms with Crippen molar-refractivity contribution in [3.8, 4) is 0 Å². The van der Waals surface area contributed by atoms with Gasteiger partial charge in [0.05, 0.1) is 25.0 Å². The van der Waals surface area contributed by atoms with Gasteiger partial charge >= 0.3 is 0 Å². The number of methoxy groups -OCH3 is 1. The predicted octanol–water partition coefficient (Wildman–Crippen LogP) is 0.975. The summed E-state index contributed by atoms with van der Waals surface area (Å²) >= 11 is 3.32. The summed E-state index contributed by atoms with van der Waals surface area (Å²) in [6.07, 6.45) is 3.35. The number of aromatic nitrogens is 2. The van der Waals surface area contributed by atoms with Gasteiger partial charge in [-0.25, -0.2) is 4.68 Å². The Morgan fingerprint density at radius 1 is 1.55 bits per heavy atom. The molecule has 6 nitrogen and oxygen atoms in total. The zero-order valence-corrected chi connectivity index (χ0v) is 13.7. The lowest BCUT2D eigenvalue weighted by atomic mass is 10.1. The summed E-state index contributed by atoms with van der Waals surface area (Å²) in [5, 5.41) is 7.43. The van der Waals surface area contributed by atoms with Crippen LogP contribution in [0.3, 0.4) is 0 Å². The van der Waals surface area contributed by atoms with Gasteiger partial charge in [-0.3, -0.25) is 9.00 Å². The lowest BCUT2D eigenvalue weighted by Gasteiger charge is -2.24. The van der Waals surface area contributed by atoms with Gasteiger partial charge in [-0.05, 0) is 28.8 Å². The Bertz CT molecular complexity index is 539. The third kappa shape index (κ3) is 3.89. The quantitative estimate of drug-likeness (QED) is 0.843. The van der Waals surface area contributed by atoms with E-state index in [1.807, 2.05) is 0 Å². The summed E-state index contributed by atoms with van der Waals surface area (Å²) in [5.41, 5.74) is 0.521. The number of hydrogen-bond donors (Lipinski definition) is 1. The first-order chi connectivity index (χ1) is 9.61. The molecule has 0 unspecified atom stereocenters. The van der Waals surface area contributed by atoms with Crippen molar-refractivity contribution in [2.45, 2.75) is 25.4 Å². The molecule has 8 heteroatoms. The Morgan fingerprint density at radius 2 is 2.25 bits per heavy atom. The number of ether oxygens (including phenoxy) is 1. The summed E-state index contributed by atoms with van der Waals surface area (Å²) < 4.78 is 18.1. The average Bonchev–Trinajstić information content (AvgIpc) is 2.45. The molecule has 1 aromatic heterocycles. The van der Waals surface area contributed by atoms with E-state index in [9.17, 15) is 9.00 Å². The van der Waals surface area contributed by atoms with Crippen LogP contribution in [0.5, 0.6) is 0 Å². The summed E-state index contributed by atoms with van der Waals surface area (Å²) in [7, 11) is 0.903. The molecule has 1 aromatic rings. The maximum absolute atomic E-state index is 12.1. The molecular formula is C12H18BrN3O3S. The van der Waals surface area contributed by atoms with Crippen LogP contribution >= 0.6 is 15.9 Å². The minimum atomic E-state index is -0.683. The molecular weight excluding hydrogens is 346 g/mol. The highest BCUT2D eigenvalue weighted by molar-refractivity contribution is 9.10. The first-order valence-electron chi connectivity index (χ1n) is 6.48. The van der Waals surface area contributed by atoms with E-state index in [4.69, 9.17) is 4.74 Å². The molecule has 0 saturated carbocycles. The number of nitrogens with one attached hydrogen (secondary N) is 1. The van der Waals surface area contributed by atoms with Crippen LogP contribution in [-0.4, -0.2) is 45.3 Å². The van der Waals surface area contributed by atoms with Crippen LogP contribution in [0.4, 0.5) is 5.69 Å². The molecule has 1 fully saturated rings. The number of rotatable bonds is 5. The maximum atomic E-state index is 12.1. The van der Waals surface area contributed by atoms with E-state index in [0.717, 1.165) is 12.8 Å². The van der Waals surface area contributed by atoms with Gasteiger partial charge < -0.3 is 10.1 Å². The van der Waals surface area contributed by atoms with Crippen molar-refractivity contribution in [1.29, 1.82) is 0 Å². The smallest absolute Gasteiger partial charge is 0.283 e. The second-order valence-electron chi connectivity index (χ2n) is 4.66. The molecule has 0 aliphatic carbocycles. The molecule has 20 heavy (non-hydrogen) atoms. The van der Waals surface area contributed by atoms with Gasteiger partial charge in [-0.2, -0.15) is 5.10 Å². The minimum absolute atomic E-state index is 0.175. The largest absolute Gasteiger partial charge is 0.383 e. The van der Waals surface area contributed by atoms with Crippen LogP contribution < -0.4 is 10.9 Å². The zero-order valence-electron chi connectivity index (χ0n) is 11.3. The first kappa shape index (κ1) is 15.7. The van der Waals surface area contributed by atoms with Gasteiger partial charge in [0, 0.05) is 35.5 Å². The Labute approximate surface area is 128 Å². The van der Waals surface area contributed by atoms with Gasteiger partial charge in [-0.15, -0.1) is 0 Å². The van der Waals surface area contributed by atoms with E-state index >= 15 is 0 Å². The van der Waals surface area contributed by atoms with E-state index in [0.29, 0.717) is 34.8 Å². The van der Waals surface area contributed by atoms with Crippen molar-refractivity contribution in [2.75, 3.05) is 30.5 Å². The van der Waals surface area contributed by atoms with E-state index in [1.54, 1.807) is 13.3 Å². The van der Waals surface area contributed by atoms with Gasteiger partial charge in [-0.1, -0.05) is 0 Å². The van der Waals surface area contributed by atoms with E-state index in [1.165, 1.54) is 4.68 Å². The summed E-state index contributed by atoms with van der Waals surface area (Å²) in [6.45, 7) is 0.872. The van der Waals surface area contributed by atoms with Gasteiger partial charge in [0.2, 0.25) is 0 Å². The second kappa shape index (κ2) is 7.33. The molecule has 0 atom stereocenters. The van der Waals surface area contributed by atoms with Crippen LogP contribution in [0.1, 0.15) is 12.8 Å². The van der Waals surface area contributed by atoms with Crippen molar-refractivity contribution in [3.05, 3.63) is 21.0 Å². The molecule has 112 valence electrons. The fourth-order valence-electron chi connectivity index (χ4n) is 2.06. The lowest BCUT2D eigenvalue weighted by Crippen LogP contribution is -2.31. The molecule has 2 heterocycles. The number of hydrogen-bond acceptors (Lipinski definition) is 5. The fourth-order valence-corrected chi connectivity index (χ4v) is 3.78. The topological polar surface area (TPSA) is 73.2 Å². The minimum Gasteiger partial charge on any atom is -0.383 e. The molecule has 1 N–H and O–H groups in total. The van der Waals surface area contributed by atoms with Crippen molar-refractivity contribution < 1.29 is 8.95 Å². The molecule has 0 amide bonds. The maximum Gasteiger partial charge on any atom is 0.283 e. The van der Waals surface area contributed by atoms with Gasteiger partial charge in [0.15, 0.2) is 0 Å². The summed E-state index contributed by atoms with van der Waals surface area (Å²) in [4.78, 5) is 12.1. The lowest BCUT2D eigenvalue weighted by molar-refractivity contribution is 0.181. The summed E-state index contributed by atoms with van der Waals surface area (Å²) in [6, 6.07) is 0.250. The molecule has 0 spiro atoms. The molecule has 0 aromatic carbocycles. The van der Waals surface area contributed by atoms with Crippen molar-refractivity contribution in [1.82, 2.24) is 9.78 Å². The predicted molar refractivity (Wildman–Crippen MR) is 82.6 cm³/mol. The molecule has 0 radical (unpaired) electrons. The third-order valence-electron chi connectivity index (χ3n) is 3.24. The van der Waals surface area contributed by atoms with Crippen LogP contribution in [0.2, 0.25) is 0 Å². The molecule has 0 bridgehead atoms. The first-order valence-corrected chi connectivity index (χ1v) is 8.76.